The van der Waals surface area contributed by atoms with Gasteiger partial charge in [-0.25, -0.2) is 17.8 Å². The Morgan fingerprint density at radius 3 is 2.63 bits per heavy atom. The molecular formula is C21H16FN3O3S2. The Kier molecular flexibility index (Phi) is 5.23. The molecule has 0 spiro atoms. The number of anilines is 2. The van der Waals surface area contributed by atoms with Crippen molar-refractivity contribution in [3.63, 3.8) is 0 Å². The lowest BCUT2D eigenvalue weighted by atomic mass is 10.2. The molecule has 1 amide bonds. The second kappa shape index (κ2) is 7.85. The van der Waals surface area contributed by atoms with Crippen LogP contribution in [-0.2, 0) is 10.0 Å². The Morgan fingerprint density at radius 2 is 1.83 bits per heavy atom. The molecule has 2 N–H and O–H groups in total. The lowest BCUT2D eigenvalue weighted by Crippen LogP contribution is -2.16. The molecule has 3 aromatic carbocycles. The first-order valence-electron chi connectivity index (χ1n) is 8.88. The van der Waals surface area contributed by atoms with Crippen LogP contribution in [0.3, 0.4) is 0 Å². The third kappa shape index (κ3) is 4.17. The first kappa shape index (κ1) is 20.0. The van der Waals surface area contributed by atoms with E-state index in [1.54, 1.807) is 0 Å². The van der Waals surface area contributed by atoms with Crippen molar-refractivity contribution in [2.75, 3.05) is 10.0 Å². The summed E-state index contributed by atoms with van der Waals surface area (Å²) in [6.07, 6.45) is 0. The van der Waals surface area contributed by atoms with Gasteiger partial charge in [0, 0.05) is 5.56 Å². The molecule has 0 fully saturated rings. The number of rotatable bonds is 5. The van der Waals surface area contributed by atoms with Gasteiger partial charge >= 0.3 is 0 Å². The highest BCUT2D eigenvalue weighted by Crippen LogP contribution is 2.27. The van der Waals surface area contributed by atoms with Gasteiger partial charge < -0.3 is 0 Å². The summed E-state index contributed by atoms with van der Waals surface area (Å²) in [4.78, 5) is 16.8. The second-order valence-electron chi connectivity index (χ2n) is 6.56. The van der Waals surface area contributed by atoms with Gasteiger partial charge in [0.2, 0.25) is 0 Å². The molecule has 30 heavy (non-hydrogen) atoms. The van der Waals surface area contributed by atoms with Crippen molar-refractivity contribution in [3.8, 4) is 0 Å². The molecule has 0 saturated carbocycles. The van der Waals surface area contributed by atoms with E-state index in [1.165, 1.54) is 53.8 Å². The first-order chi connectivity index (χ1) is 14.3. The Morgan fingerprint density at radius 1 is 1.03 bits per heavy atom. The zero-order chi connectivity index (χ0) is 21.3. The van der Waals surface area contributed by atoms with Crippen molar-refractivity contribution < 1.29 is 17.6 Å². The van der Waals surface area contributed by atoms with Gasteiger partial charge in [-0.15, -0.1) is 0 Å². The van der Waals surface area contributed by atoms with Crippen LogP contribution < -0.4 is 10.0 Å². The van der Waals surface area contributed by atoms with Crippen LogP contribution in [0.5, 0.6) is 0 Å². The van der Waals surface area contributed by atoms with Gasteiger partial charge in [0.25, 0.3) is 15.9 Å². The lowest BCUT2D eigenvalue weighted by molar-refractivity contribution is 0.102. The molecule has 0 saturated heterocycles. The zero-order valence-electron chi connectivity index (χ0n) is 15.7. The van der Waals surface area contributed by atoms with Crippen LogP contribution in [0.25, 0.3) is 10.2 Å². The smallest absolute Gasteiger partial charge is 0.262 e. The largest absolute Gasteiger partial charge is 0.298 e. The lowest BCUT2D eigenvalue weighted by Gasteiger charge is -2.10. The molecule has 0 aliphatic rings. The number of aryl methyl sites for hydroxylation is 1. The quantitative estimate of drug-likeness (QED) is 0.466. The Labute approximate surface area is 176 Å². The van der Waals surface area contributed by atoms with Crippen molar-refractivity contribution in [2.24, 2.45) is 0 Å². The molecule has 0 aliphatic carbocycles. The maximum atomic E-state index is 13.8. The highest BCUT2D eigenvalue weighted by molar-refractivity contribution is 7.92. The average Bonchev–Trinajstić information content (AvgIpc) is 3.11. The van der Waals surface area contributed by atoms with Gasteiger partial charge in [0.05, 0.1) is 20.8 Å². The van der Waals surface area contributed by atoms with E-state index in [-0.39, 0.29) is 16.1 Å². The highest BCUT2D eigenvalue weighted by atomic mass is 32.2. The molecule has 0 bridgehead atoms. The van der Waals surface area contributed by atoms with Crippen LogP contribution in [0.15, 0.2) is 71.6 Å². The van der Waals surface area contributed by atoms with E-state index < -0.39 is 21.7 Å². The van der Waals surface area contributed by atoms with E-state index in [0.29, 0.717) is 5.13 Å². The minimum absolute atomic E-state index is 0.141. The fraction of sp³-hybridized carbons (Fsp3) is 0.0476. The normalized spacial score (nSPS) is 11.4. The summed E-state index contributed by atoms with van der Waals surface area (Å²) in [5.41, 5.74) is 1.83. The number of hydrogen-bond acceptors (Lipinski definition) is 5. The number of nitrogens with one attached hydrogen (secondary N) is 2. The number of nitrogens with zero attached hydrogens (tertiary/aromatic N) is 1. The number of thiazole rings is 1. The molecule has 6 nitrogen and oxygen atoms in total. The summed E-state index contributed by atoms with van der Waals surface area (Å²) in [5.74, 6) is -1.19. The Bertz CT molecular complexity index is 1370. The second-order valence-corrected chi connectivity index (χ2v) is 9.27. The average molecular weight is 442 g/mol. The molecule has 0 radical (unpaired) electrons. The molecule has 0 unspecified atom stereocenters. The standard InChI is InChI=1S/C21H16FN3O3S2/c1-13-9-10-18-19(11-13)29-21(23-18)24-20(26)14-5-4-6-15(12-14)30(27,28)25-17-8-3-2-7-16(17)22/h2-12,25H,1H3,(H,23,24,26). The number of carbonyl (C=O) groups excluding carboxylic acids is 1. The fourth-order valence-corrected chi connectivity index (χ4v) is 4.88. The van der Waals surface area contributed by atoms with E-state index in [0.717, 1.165) is 21.8 Å². The maximum Gasteiger partial charge on any atom is 0.262 e. The Hall–Kier alpha value is -3.30. The summed E-state index contributed by atoms with van der Waals surface area (Å²) in [6.45, 7) is 1.97. The molecule has 1 heterocycles. The number of fused-ring (bicyclic) bond motifs is 1. The summed E-state index contributed by atoms with van der Waals surface area (Å²) in [6, 6.07) is 16.7. The predicted octanol–water partition coefficient (Wildman–Crippen LogP) is 4.80. The van der Waals surface area contributed by atoms with E-state index in [9.17, 15) is 17.6 Å². The number of hydrogen-bond donors (Lipinski definition) is 2. The monoisotopic (exact) mass is 441 g/mol. The van der Waals surface area contributed by atoms with E-state index >= 15 is 0 Å². The van der Waals surface area contributed by atoms with Crippen molar-refractivity contribution in [2.45, 2.75) is 11.8 Å². The highest BCUT2D eigenvalue weighted by Gasteiger charge is 2.18. The van der Waals surface area contributed by atoms with E-state index in [4.69, 9.17) is 0 Å². The number of para-hydroxylation sites is 1. The maximum absolute atomic E-state index is 13.8. The van der Waals surface area contributed by atoms with Gasteiger partial charge in [-0.2, -0.15) is 0 Å². The molecule has 0 aliphatic heterocycles. The minimum Gasteiger partial charge on any atom is -0.298 e. The molecule has 0 atom stereocenters. The number of amides is 1. The third-order valence-electron chi connectivity index (χ3n) is 4.29. The van der Waals surface area contributed by atoms with Gasteiger partial charge in [-0.1, -0.05) is 35.6 Å². The van der Waals surface area contributed by atoms with Crippen molar-refractivity contribution in [3.05, 3.63) is 83.7 Å². The molecule has 4 rings (SSSR count). The van der Waals surface area contributed by atoms with E-state index in [1.807, 2.05) is 25.1 Å². The van der Waals surface area contributed by atoms with Crippen molar-refractivity contribution in [1.29, 1.82) is 0 Å². The van der Waals surface area contributed by atoms with Crippen molar-refractivity contribution in [1.82, 2.24) is 4.98 Å². The van der Waals surface area contributed by atoms with Crippen LogP contribution in [-0.4, -0.2) is 19.3 Å². The van der Waals surface area contributed by atoms with Crippen LogP contribution in [0.1, 0.15) is 15.9 Å². The predicted molar refractivity (Wildman–Crippen MR) is 116 cm³/mol. The SMILES string of the molecule is Cc1ccc2nc(NC(=O)c3cccc(S(=O)(=O)Nc4ccccc4F)c3)sc2c1. The van der Waals surface area contributed by atoms with Gasteiger partial charge in [-0.3, -0.25) is 14.8 Å². The minimum atomic E-state index is -4.07. The molecule has 4 aromatic rings. The van der Waals surface area contributed by atoms with Crippen LogP contribution >= 0.6 is 11.3 Å². The fourth-order valence-electron chi connectivity index (χ4n) is 2.81. The summed E-state index contributed by atoms with van der Waals surface area (Å²) >= 11 is 1.33. The van der Waals surface area contributed by atoms with Gasteiger partial charge in [-0.05, 0) is 55.0 Å². The number of carbonyl (C=O) groups is 1. The summed E-state index contributed by atoms with van der Waals surface area (Å²) < 4.78 is 42.2. The topological polar surface area (TPSA) is 88.2 Å². The van der Waals surface area contributed by atoms with Gasteiger partial charge in [0.15, 0.2) is 5.13 Å². The van der Waals surface area contributed by atoms with Crippen LogP contribution in [0, 0.1) is 12.7 Å². The van der Waals surface area contributed by atoms with E-state index in [2.05, 4.69) is 15.0 Å². The van der Waals surface area contributed by atoms with Gasteiger partial charge in [0.1, 0.15) is 5.82 Å². The number of halogens is 1. The van der Waals surface area contributed by atoms with Crippen LogP contribution in [0.2, 0.25) is 0 Å². The molecular weight excluding hydrogens is 425 g/mol. The summed E-state index contributed by atoms with van der Waals surface area (Å²) in [7, 11) is -4.07. The zero-order valence-corrected chi connectivity index (χ0v) is 17.4. The number of aromatic nitrogens is 1. The number of benzene rings is 3. The third-order valence-corrected chi connectivity index (χ3v) is 6.59. The summed E-state index contributed by atoms with van der Waals surface area (Å²) in [5, 5.41) is 3.11. The number of sulfonamides is 1. The molecule has 152 valence electrons. The van der Waals surface area contributed by atoms with Crippen LogP contribution in [0.4, 0.5) is 15.2 Å². The van der Waals surface area contributed by atoms with Crippen molar-refractivity contribution >= 4 is 48.3 Å². The first-order valence-corrected chi connectivity index (χ1v) is 11.2. The molecule has 9 heteroatoms. The Balaban J connectivity index is 1.57. The molecule has 1 aromatic heterocycles.